The molecule has 3 nitrogen and oxygen atoms in total. The predicted molar refractivity (Wildman–Crippen MR) is 79.4 cm³/mol. The van der Waals surface area contributed by atoms with Crippen LogP contribution < -0.4 is 5.32 Å². The fourth-order valence-electron chi connectivity index (χ4n) is 2.48. The molecule has 0 saturated carbocycles. The van der Waals surface area contributed by atoms with Gasteiger partial charge in [0, 0.05) is 22.9 Å². The zero-order valence-corrected chi connectivity index (χ0v) is 12.0. The van der Waals surface area contributed by atoms with E-state index in [2.05, 4.69) is 52.4 Å². The van der Waals surface area contributed by atoms with Gasteiger partial charge in [-0.2, -0.15) is 5.10 Å². The lowest BCUT2D eigenvalue weighted by Crippen LogP contribution is -2.20. The van der Waals surface area contributed by atoms with E-state index in [1.165, 1.54) is 16.2 Å². The van der Waals surface area contributed by atoms with Gasteiger partial charge in [-0.05, 0) is 30.7 Å². The third-order valence-corrected chi connectivity index (χ3v) is 4.75. The molecule has 1 aromatic heterocycles. The van der Waals surface area contributed by atoms with Gasteiger partial charge >= 0.3 is 0 Å². The highest BCUT2D eigenvalue weighted by atomic mass is 32.2. The maximum absolute atomic E-state index is 4.46. The molecule has 100 valence electrons. The van der Waals surface area contributed by atoms with Gasteiger partial charge in [0.2, 0.25) is 0 Å². The Morgan fingerprint density at radius 3 is 3.11 bits per heavy atom. The number of hydrogen-bond donors (Lipinski definition) is 1. The van der Waals surface area contributed by atoms with Crippen LogP contribution in [0.15, 0.2) is 41.4 Å². The smallest absolute Gasteiger partial charge is 0.0538 e. The molecule has 0 saturated heterocycles. The van der Waals surface area contributed by atoms with Crippen LogP contribution in [0.2, 0.25) is 0 Å². The summed E-state index contributed by atoms with van der Waals surface area (Å²) in [6.07, 6.45) is 3.06. The summed E-state index contributed by atoms with van der Waals surface area (Å²) >= 11 is 1.99. The van der Waals surface area contributed by atoms with E-state index < -0.39 is 0 Å². The van der Waals surface area contributed by atoms with Crippen LogP contribution in [0.25, 0.3) is 0 Å². The molecule has 2 heterocycles. The number of nitrogens with zero attached hydrogens (tertiary/aromatic N) is 2. The summed E-state index contributed by atoms with van der Waals surface area (Å²) < 4.78 is 2.15. The molecule has 3 rings (SSSR count). The van der Waals surface area contributed by atoms with Crippen molar-refractivity contribution < 1.29 is 0 Å². The summed E-state index contributed by atoms with van der Waals surface area (Å²) in [5.74, 6) is 0. The first-order valence-electron chi connectivity index (χ1n) is 6.83. The summed E-state index contributed by atoms with van der Waals surface area (Å²) in [6.45, 7) is 5.02. The van der Waals surface area contributed by atoms with Crippen LogP contribution >= 0.6 is 11.8 Å². The number of thioether (sulfide) groups is 1. The second kappa shape index (κ2) is 5.80. The van der Waals surface area contributed by atoms with Crippen molar-refractivity contribution in [2.24, 2.45) is 0 Å². The fraction of sp³-hybridized carbons (Fsp3) is 0.400. The van der Waals surface area contributed by atoms with Crippen molar-refractivity contribution >= 4 is 11.8 Å². The minimum Gasteiger partial charge on any atom is -0.311 e. The molecule has 0 radical (unpaired) electrons. The number of fused-ring (bicyclic) bond motifs is 1. The Hall–Kier alpha value is -1.26. The van der Waals surface area contributed by atoms with E-state index in [0.717, 1.165) is 26.1 Å². The lowest BCUT2D eigenvalue weighted by atomic mass is 10.1. The number of aromatic nitrogens is 2. The van der Waals surface area contributed by atoms with Gasteiger partial charge in [0.25, 0.3) is 0 Å². The molecule has 0 amide bonds. The highest BCUT2D eigenvalue weighted by molar-refractivity contribution is 8.00. The van der Waals surface area contributed by atoms with Crippen LogP contribution in [0.3, 0.4) is 0 Å². The Labute approximate surface area is 118 Å². The van der Waals surface area contributed by atoms with Gasteiger partial charge in [-0.15, -0.1) is 11.8 Å². The number of rotatable bonds is 5. The third-order valence-electron chi connectivity index (χ3n) is 3.45. The van der Waals surface area contributed by atoms with Gasteiger partial charge in [0.05, 0.1) is 12.2 Å². The Morgan fingerprint density at radius 1 is 1.37 bits per heavy atom. The number of hydrogen-bond acceptors (Lipinski definition) is 3. The zero-order valence-electron chi connectivity index (χ0n) is 11.2. The Balaban J connectivity index is 1.66. The minimum absolute atomic E-state index is 0.609. The molecular formula is C15H19N3S. The van der Waals surface area contributed by atoms with Crippen LogP contribution in [-0.4, -0.2) is 21.6 Å². The predicted octanol–water partition coefficient (Wildman–Crippen LogP) is 2.71. The second-order valence-electron chi connectivity index (χ2n) is 4.84. The highest BCUT2D eigenvalue weighted by Gasteiger charge is 2.22. The van der Waals surface area contributed by atoms with Gasteiger partial charge in [-0.3, -0.25) is 4.68 Å². The monoisotopic (exact) mass is 273 g/mol. The maximum atomic E-state index is 4.46. The van der Waals surface area contributed by atoms with E-state index in [4.69, 9.17) is 0 Å². The molecule has 19 heavy (non-hydrogen) atoms. The summed E-state index contributed by atoms with van der Waals surface area (Å²) in [4.78, 5) is 1.44. The van der Waals surface area contributed by atoms with Crippen LogP contribution in [-0.2, 0) is 19.5 Å². The third kappa shape index (κ3) is 2.85. The molecule has 4 heteroatoms. The molecular weight excluding hydrogens is 254 g/mol. The van der Waals surface area contributed by atoms with Crippen molar-refractivity contribution in [1.29, 1.82) is 0 Å². The Kier molecular flexibility index (Phi) is 3.89. The van der Waals surface area contributed by atoms with Crippen molar-refractivity contribution in [2.45, 2.75) is 36.6 Å². The van der Waals surface area contributed by atoms with Crippen LogP contribution in [0.1, 0.15) is 18.2 Å². The van der Waals surface area contributed by atoms with Gasteiger partial charge < -0.3 is 5.32 Å². The van der Waals surface area contributed by atoms with E-state index in [0.29, 0.717) is 5.25 Å². The van der Waals surface area contributed by atoms with Gasteiger partial charge in [0.1, 0.15) is 0 Å². The van der Waals surface area contributed by atoms with Gasteiger partial charge in [-0.1, -0.05) is 25.1 Å². The average molecular weight is 273 g/mol. The van der Waals surface area contributed by atoms with Crippen LogP contribution in [0.5, 0.6) is 0 Å². The first kappa shape index (κ1) is 12.8. The van der Waals surface area contributed by atoms with Crippen LogP contribution in [0, 0.1) is 0 Å². The number of benzene rings is 1. The second-order valence-corrected chi connectivity index (χ2v) is 6.18. The molecule has 2 aromatic rings. The van der Waals surface area contributed by atoms with E-state index in [1.807, 2.05) is 18.0 Å². The van der Waals surface area contributed by atoms with Crippen LogP contribution in [0.4, 0.5) is 0 Å². The molecule has 0 spiro atoms. The normalized spacial score (nSPS) is 17.6. The molecule has 1 aliphatic heterocycles. The summed E-state index contributed by atoms with van der Waals surface area (Å²) in [5, 5.41) is 8.43. The molecule has 0 bridgehead atoms. The van der Waals surface area contributed by atoms with E-state index >= 15 is 0 Å². The molecule has 1 aromatic carbocycles. The van der Waals surface area contributed by atoms with Gasteiger partial charge in [-0.25, -0.2) is 0 Å². The summed E-state index contributed by atoms with van der Waals surface area (Å²) in [6, 6.07) is 10.8. The minimum atomic E-state index is 0.609. The average Bonchev–Trinajstić information content (AvgIpc) is 3.02. The maximum Gasteiger partial charge on any atom is 0.0538 e. The Bertz CT molecular complexity index is 525. The lowest BCUT2D eigenvalue weighted by Gasteiger charge is -2.12. The standard InChI is InChI=1S/C15H19N3S/c1-2-16-10-13-7-8-17-18(13)11-14-9-12-5-3-4-6-15(12)19-14/h3-8,14,16H,2,9-11H2,1H3. The number of nitrogens with one attached hydrogen (secondary N) is 1. The van der Waals surface area contributed by atoms with Gasteiger partial charge in [0.15, 0.2) is 0 Å². The fourth-order valence-corrected chi connectivity index (χ4v) is 3.77. The summed E-state index contributed by atoms with van der Waals surface area (Å²) in [7, 11) is 0. The zero-order chi connectivity index (χ0) is 13.1. The quantitative estimate of drug-likeness (QED) is 0.908. The van der Waals surface area contributed by atoms with Crippen molar-refractivity contribution in [3.05, 3.63) is 47.8 Å². The molecule has 1 aliphatic rings. The first-order chi connectivity index (χ1) is 9.36. The lowest BCUT2D eigenvalue weighted by molar-refractivity contribution is 0.550. The van der Waals surface area contributed by atoms with E-state index in [1.54, 1.807) is 0 Å². The molecule has 0 aliphatic carbocycles. The summed E-state index contributed by atoms with van der Waals surface area (Å²) in [5.41, 5.74) is 2.76. The van der Waals surface area contributed by atoms with Crippen molar-refractivity contribution in [2.75, 3.05) is 6.54 Å². The van der Waals surface area contributed by atoms with Crippen molar-refractivity contribution in [1.82, 2.24) is 15.1 Å². The highest BCUT2D eigenvalue weighted by Crippen LogP contribution is 2.37. The van der Waals surface area contributed by atoms with Crippen molar-refractivity contribution in [3.63, 3.8) is 0 Å². The van der Waals surface area contributed by atoms with E-state index in [-0.39, 0.29) is 0 Å². The molecule has 1 N–H and O–H groups in total. The molecule has 1 unspecified atom stereocenters. The molecule has 0 fully saturated rings. The first-order valence-corrected chi connectivity index (χ1v) is 7.70. The largest absolute Gasteiger partial charge is 0.311 e. The van der Waals surface area contributed by atoms with E-state index in [9.17, 15) is 0 Å². The SMILES string of the molecule is CCNCc1ccnn1CC1Cc2ccccc2S1. The van der Waals surface area contributed by atoms with Crippen molar-refractivity contribution in [3.8, 4) is 0 Å². The topological polar surface area (TPSA) is 29.9 Å². The Morgan fingerprint density at radius 2 is 2.26 bits per heavy atom. The molecule has 1 atom stereocenters.